The van der Waals surface area contributed by atoms with Crippen molar-refractivity contribution >= 4 is 49.7 Å². The Morgan fingerprint density at radius 3 is 3.00 bits per heavy atom. The zero-order chi connectivity index (χ0) is 16.0. The van der Waals surface area contributed by atoms with Gasteiger partial charge in [-0.2, -0.15) is 5.10 Å². The topological polar surface area (TPSA) is 59.3 Å². The van der Waals surface area contributed by atoms with Gasteiger partial charge in [-0.15, -0.1) is 0 Å². The SMILES string of the molecule is O=C(Nc1nc2ccc(F)cc2s1)c1nn2ccccc2c1Cl. The van der Waals surface area contributed by atoms with E-state index in [-0.39, 0.29) is 16.5 Å². The second kappa shape index (κ2) is 5.29. The van der Waals surface area contributed by atoms with Gasteiger partial charge in [-0.05, 0) is 30.3 Å². The Balaban J connectivity index is 1.69. The lowest BCUT2D eigenvalue weighted by molar-refractivity contribution is 0.102. The summed E-state index contributed by atoms with van der Waals surface area (Å²) in [6, 6.07) is 9.64. The predicted octanol–water partition coefficient (Wildman–Crippen LogP) is 3.99. The number of fused-ring (bicyclic) bond motifs is 2. The van der Waals surface area contributed by atoms with Crippen molar-refractivity contribution in [3.05, 3.63) is 59.1 Å². The maximum Gasteiger partial charge on any atom is 0.279 e. The molecule has 0 saturated heterocycles. The molecular formula is C15H8ClFN4OS. The lowest BCUT2D eigenvalue weighted by atomic mass is 10.3. The van der Waals surface area contributed by atoms with Gasteiger partial charge in [0.1, 0.15) is 5.82 Å². The summed E-state index contributed by atoms with van der Waals surface area (Å²) in [5.41, 5.74) is 1.38. The Labute approximate surface area is 138 Å². The number of anilines is 1. The summed E-state index contributed by atoms with van der Waals surface area (Å²) in [5, 5.41) is 7.46. The number of carbonyl (C=O) groups is 1. The van der Waals surface area contributed by atoms with Crippen molar-refractivity contribution in [3.8, 4) is 0 Å². The molecule has 0 bridgehead atoms. The van der Waals surface area contributed by atoms with Crippen LogP contribution in [0.4, 0.5) is 9.52 Å². The third kappa shape index (κ3) is 2.43. The summed E-state index contributed by atoms with van der Waals surface area (Å²) < 4.78 is 15.4. The number of benzene rings is 1. The van der Waals surface area contributed by atoms with Crippen LogP contribution in [0.3, 0.4) is 0 Å². The zero-order valence-electron chi connectivity index (χ0n) is 11.5. The minimum Gasteiger partial charge on any atom is -0.296 e. The normalized spacial score (nSPS) is 11.2. The molecule has 3 heterocycles. The highest BCUT2D eigenvalue weighted by atomic mass is 35.5. The molecule has 23 heavy (non-hydrogen) atoms. The van der Waals surface area contributed by atoms with Gasteiger partial charge in [0.05, 0.1) is 20.8 Å². The van der Waals surface area contributed by atoms with Crippen LogP contribution in [0.15, 0.2) is 42.6 Å². The van der Waals surface area contributed by atoms with Gasteiger partial charge >= 0.3 is 0 Å². The molecule has 0 fully saturated rings. The molecule has 1 N–H and O–H groups in total. The van der Waals surface area contributed by atoms with Crippen LogP contribution in [-0.4, -0.2) is 20.5 Å². The molecule has 0 radical (unpaired) electrons. The molecule has 0 aliphatic carbocycles. The average Bonchev–Trinajstić information content (AvgIpc) is 3.08. The van der Waals surface area contributed by atoms with Crippen molar-refractivity contribution in [2.24, 2.45) is 0 Å². The monoisotopic (exact) mass is 346 g/mol. The highest BCUT2D eigenvalue weighted by Crippen LogP contribution is 2.28. The third-order valence-electron chi connectivity index (χ3n) is 3.27. The van der Waals surface area contributed by atoms with Gasteiger partial charge in [0.2, 0.25) is 0 Å². The number of amides is 1. The maximum atomic E-state index is 13.2. The number of pyridine rings is 1. The fourth-order valence-electron chi connectivity index (χ4n) is 2.22. The first kappa shape index (κ1) is 14.1. The minimum atomic E-state index is -0.460. The molecule has 4 rings (SSSR count). The van der Waals surface area contributed by atoms with Crippen LogP contribution in [0.2, 0.25) is 5.02 Å². The van der Waals surface area contributed by atoms with Crippen LogP contribution in [-0.2, 0) is 0 Å². The van der Waals surface area contributed by atoms with Crippen LogP contribution >= 0.6 is 22.9 Å². The number of hydrogen-bond donors (Lipinski definition) is 1. The van der Waals surface area contributed by atoms with Crippen molar-refractivity contribution in [1.82, 2.24) is 14.6 Å². The molecule has 114 valence electrons. The number of hydrogen-bond acceptors (Lipinski definition) is 4. The second-order valence-corrected chi connectivity index (χ2v) is 6.19. The van der Waals surface area contributed by atoms with Gasteiger partial charge in [-0.25, -0.2) is 13.9 Å². The summed E-state index contributed by atoms with van der Waals surface area (Å²) in [5.74, 6) is -0.805. The van der Waals surface area contributed by atoms with Gasteiger partial charge in [-0.3, -0.25) is 10.1 Å². The molecule has 1 amide bonds. The molecule has 0 unspecified atom stereocenters. The van der Waals surface area contributed by atoms with Crippen molar-refractivity contribution in [2.75, 3.05) is 5.32 Å². The lowest BCUT2D eigenvalue weighted by Crippen LogP contribution is -2.12. The minimum absolute atomic E-state index is 0.114. The first-order chi connectivity index (χ1) is 11.1. The Bertz CT molecular complexity index is 1060. The van der Waals surface area contributed by atoms with Gasteiger partial charge in [0, 0.05) is 6.20 Å². The summed E-state index contributed by atoms with van der Waals surface area (Å²) in [6.07, 6.45) is 1.71. The molecule has 0 aliphatic heterocycles. The molecule has 5 nitrogen and oxygen atoms in total. The number of halogens is 2. The van der Waals surface area contributed by atoms with E-state index in [0.29, 0.717) is 20.9 Å². The first-order valence-electron chi connectivity index (χ1n) is 6.62. The molecule has 0 aliphatic rings. The Hall–Kier alpha value is -2.51. The number of carbonyl (C=O) groups excluding carboxylic acids is 1. The molecule has 0 atom stereocenters. The summed E-state index contributed by atoms with van der Waals surface area (Å²) >= 11 is 7.39. The predicted molar refractivity (Wildman–Crippen MR) is 87.7 cm³/mol. The fourth-order valence-corrected chi connectivity index (χ4v) is 3.38. The van der Waals surface area contributed by atoms with Crippen molar-refractivity contribution in [1.29, 1.82) is 0 Å². The number of nitrogens with zero attached hydrogens (tertiary/aromatic N) is 3. The Morgan fingerprint density at radius 1 is 1.30 bits per heavy atom. The summed E-state index contributed by atoms with van der Waals surface area (Å²) in [4.78, 5) is 16.6. The molecule has 4 aromatic rings. The van der Waals surface area contributed by atoms with Crippen LogP contribution in [0.25, 0.3) is 15.7 Å². The van der Waals surface area contributed by atoms with E-state index >= 15 is 0 Å². The molecule has 0 spiro atoms. The Kier molecular flexibility index (Phi) is 3.24. The summed E-state index contributed by atoms with van der Waals surface area (Å²) in [6.45, 7) is 0. The average molecular weight is 347 g/mol. The zero-order valence-corrected chi connectivity index (χ0v) is 13.0. The largest absolute Gasteiger partial charge is 0.296 e. The fraction of sp³-hybridized carbons (Fsp3) is 0. The van der Waals surface area contributed by atoms with Crippen LogP contribution in [0.5, 0.6) is 0 Å². The Morgan fingerprint density at radius 2 is 2.17 bits per heavy atom. The van der Waals surface area contributed by atoms with E-state index in [4.69, 9.17) is 11.6 Å². The van der Waals surface area contributed by atoms with E-state index in [1.807, 2.05) is 6.07 Å². The van der Waals surface area contributed by atoms with E-state index < -0.39 is 5.91 Å². The number of aromatic nitrogens is 3. The van der Waals surface area contributed by atoms with E-state index in [0.717, 1.165) is 0 Å². The van der Waals surface area contributed by atoms with E-state index in [1.54, 1.807) is 24.4 Å². The molecule has 1 aromatic carbocycles. The van der Waals surface area contributed by atoms with Gasteiger partial charge in [0.25, 0.3) is 5.91 Å². The summed E-state index contributed by atoms with van der Waals surface area (Å²) in [7, 11) is 0. The lowest BCUT2D eigenvalue weighted by Gasteiger charge is -1.97. The number of nitrogens with one attached hydrogen (secondary N) is 1. The molecular weight excluding hydrogens is 339 g/mol. The van der Waals surface area contributed by atoms with Crippen molar-refractivity contribution < 1.29 is 9.18 Å². The van der Waals surface area contributed by atoms with Crippen LogP contribution in [0.1, 0.15) is 10.5 Å². The maximum absolute atomic E-state index is 13.2. The van der Waals surface area contributed by atoms with E-state index in [1.165, 1.54) is 28.0 Å². The van der Waals surface area contributed by atoms with Gasteiger partial charge in [-0.1, -0.05) is 29.0 Å². The van der Waals surface area contributed by atoms with Crippen molar-refractivity contribution in [3.63, 3.8) is 0 Å². The number of rotatable bonds is 2. The first-order valence-corrected chi connectivity index (χ1v) is 7.81. The number of thiazole rings is 1. The third-order valence-corrected chi connectivity index (χ3v) is 4.57. The van der Waals surface area contributed by atoms with Gasteiger partial charge < -0.3 is 0 Å². The second-order valence-electron chi connectivity index (χ2n) is 4.78. The van der Waals surface area contributed by atoms with E-state index in [9.17, 15) is 9.18 Å². The molecule has 0 saturated carbocycles. The molecule has 3 aromatic heterocycles. The van der Waals surface area contributed by atoms with Gasteiger partial charge in [0.15, 0.2) is 10.8 Å². The highest BCUT2D eigenvalue weighted by Gasteiger charge is 2.19. The van der Waals surface area contributed by atoms with Crippen LogP contribution < -0.4 is 5.32 Å². The smallest absolute Gasteiger partial charge is 0.279 e. The van der Waals surface area contributed by atoms with E-state index in [2.05, 4.69) is 15.4 Å². The quantitative estimate of drug-likeness (QED) is 0.597. The highest BCUT2D eigenvalue weighted by molar-refractivity contribution is 7.22. The van der Waals surface area contributed by atoms with Crippen molar-refractivity contribution in [2.45, 2.75) is 0 Å². The molecule has 8 heteroatoms. The van der Waals surface area contributed by atoms with Crippen LogP contribution in [0, 0.1) is 5.82 Å². The standard InChI is InChI=1S/C15H8ClFN4OS/c16-12-10-3-1-2-6-21(10)20-13(12)14(22)19-15-18-9-5-4-8(17)7-11(9)23-15/h1-7H,(H,18,19,22).